The van der Waals surface area contributed by atoms with Gasteiger partial charge in [-0.1, -0.05) is 18.2 Å². The molecule has 2 aromatic carbocycles. The lowest BCUT2D eigenvalue weighted by Gasteiger charge is -2.14. The summed E-state index contributed by atoms with van der Waals surface area (Å²) in [6.45, 7) is 0.925. The van der Waals surface area contributed by atoms with Gasteiger partial charge in [-0.3, -0.25) is 19.7 Å². The number of likely N-dealkylation sites (N-methyl/N-ethyl adjacent to an activating group) is 1. The fourth-order valence-corrected chi connectivity index (χ4v) is 3.56. The van der Waals surface area contributed by atoms with Crippen molar-refractivity contribution >= 4 is 33.5 Å². The fourth-order valence-electron chi connectivity index (χ4n) is 2.44. The van der Waals surface area contributed by atoms with Gasteiger partial charge in [0, 0.05) is 24.2 Å². The molecule has 0 saturated heterocycles. The summed E-state index contributed by atoms with van der Waals surface area (Å²) in [7, 11) is -2.84. The van der Waals surface area contributed by atoms with Gasteiger partial charge in [0.1, 0.15) is 6.54 Å². The smallest absolute Gasteiger partial charge is 0.318 e. The minimum absolute atomic E-state index is 0.0559. The molecule has 29 heavy (non-hydrogen) atoms. The predicted octanol–water partition coefficient (Wildman–Crippen LogP) is 2.50. The molecule has 0 heterocycles. The van der Waals surface area contributed by atoms with Gasteiger partial charge in [-0.2, -0.15) is 4.31 Å². The van der Waals surface area contributed by atoms with Crippen LogP contribution in [0.1, 0.15) is 21.5 Å². The number of hydrogen-bond donors (Lipinski definition) is 1. The first-order valence-electron chi connectivity index (χ1n) is 8.28. The normalized spacial score (nSPS) is 11.7. The second kappa shape index (κ2) is 8.76. The summed E-state index contributed by atoms with van der Waals surface area (Å²) in [5.41, 5.74) is 1.13. The third kappa shape index (κ3) is 5.33. The largest absolute Gasteiger partial charge is 0.480 e. The van der Waals surface area contributed by atoms with Gasteiger partial charge >= 0.3 is 5.97 Å². The number of aryl methyl sites for hydroxylation is 1. The number of nitro benzene ring substituents is 1. The molecule has 9 nitrogen and oxygen atoms in total. The van der Waals surface area contributed by atoms with E-state index in [2.05, 4.69) is 0 Å². The van der Waals surface area contributed by atoms with E-state index in [9.17, 15) is 28.1 Å². The van der Waals surface area contributed by atoms with Gasteiger partial charge in [-0.15, -0.1) is 0 Å². The molecule has 0 spiro atoms. The molecule has 0 aliphatic carbocycles. The second-order valence-electron chi connectivity index (χ2n) is 6.18. The number of ketones is 1. The lowest BCUT2D eigenvalue weighted by atomic mass is 10.1. The zero-order valence-electron chi connectivity index (χ0n) is 15.6. The Labute approximate surface area is 167 Å². The Bertz CT molecular complexity index is 1090. The predicted molar refractivity (Wildman–Crippen MR) is 105 cm³/mol. The van der Waals surface area contributed by atoms with E-state index in [1.165, 1.54) is 42.5 Å². The molecule has 0 saturated carbocycles. The van der Waals surface area contributed by atoms with Crippen molar-refractivity contribution in [2.45, 2.75) is 11.8 Å². The number of carbonyl (C=O) groups excluding carboxylic acids is 1. The number of nitrogens with zero attached hydrogens (tertiary/aromatic N) is 2. The summed E-state index contributed by atoms with van der Waals surface area (Å²) >= 11 is 0. The summed E-state index contributed by atoms with van der Waals surface area (Å²) in [6.07, 6.45) is 2.66. The van der Waals surface area contributed by atoms with Crippen LogP contribution in [0.25, 0.3) is 6.08 Å². The Hall–Kier alpha value is -3.37. The highest BCUT2D eigenvalue weighted by molar-refractivity contribution is 7.89. The summed E-state index contributed by atoms with van der Waals surface area (Å²) in [6, 6.07) is 9.62. The number of carbonyl (C=O) groups is 2. The molecule has 0 bridgehead atoms. The Morgan fingerprint density at radius 3 is 2.34 bits per heavy atom. The lowest BCUT2D eigenvalue weighted by molar-refractivity contribution is -0.385. The molecule has 2 rings (SSSR count). The molecule has 0 aliphatic heterocycles. The SMILES string of the molecule is Cc1ccc(/C=C/C(=O)c2ccc(S(=O)(=O)N(C)CC(=O)O)cc2)cc1[N+](=O)[O-]. The van der Waals surface area contributed by atoms with Crippen molar-refractivity contribution in [2.75, 3.05) is 13.6 Å². The van der Waals surface area contributed by atoms with Crippen molar-refractivity contribution in [3.05, 3.63) is 75.3 Å². The summed E-state index contributed by atoms with van der Waals surface area (Å²) in [4.78, 5) is 33.3. The maximum atomic E-state index is 12.3. The van der Waals surface area contributed by atoms with Gasteiger partial charge < -0.3 is 5.11 Å². The van der Waals surface area contributed by atoms with Crippen LogP contribution in [-0.2, 0) is 14.8 Å². The van der Waals surface area contributed by atoms with Crippen LogP contribution < -0.4 is 0 Å². The first kappa shape index (κ1) is 21.9. The number of benzene rings is 2. The molecule has 152 valence electrons. The van der Waals surface area contributed by atoms with Gasteiger partial charge in [0.25, 0.3) is 5.69 Å². The van der Waals surface area contributed by atoms with E-state index in [1.54, 1.807) is 19.1 Å². The van der Waals surface area contributed by atoms with Crippen LogP contribution in [0, 0.1) is 17.0 Å². The summed E-state index contributed by atoms with van der Waals surface area (Å²) < 4.78 is 25.3. The molecule has 0 fully saturated rings. The minimum Gasteiger partial charge on any atom is -0.480 e. The monoisotopic (exact) mass is 418 g/mol. The number of sulfonamides is 1. The van der Waals surface area contributed by atoms with Crippen LogP contribution in [0.2, 0.25) is 0 Å². The summed E-state index contributed by atoms with van der Waals surface area (Å²) in [5.74, 6) is -1.71. The Balaban J connectivity index is 2.19. The van der Waals surface area contributed by atoms with E-state index in [4.69, 9.17) is 5.11 Å². The van der Waals surface area contributed by atoms with E-state index in [0.29, 0.717) is 15.4 Å². The van der Waals surface area contributed by atoms with Gasteiger partial charge in [-0.25, -0.2) is 8.42 Å². The standard InChI is InChI=1S/C19H18N2O7S/c1-13-3-4-14(11-17(13)21(25)26)5-10-18(22)15-6-8-16(9-7-15)29(27,28)20(2)12-19(23)24/h3-11H,12H2,1-2H3,(H,23,24)/b10-5+. The molecule has 0 radical (unpaired) electrons. The highest BCUT2D eigenvalue weighted by Gasteiger charge is 2.22. The van der Waals surface area contributed by atoms with E-state index in [0.717, 1.165) is 7.05 Å². The topological polar surface area (TPSA) is 135 Å². The average molecular weight is 418 g/mol. The van der Waals surface area contributed by atoms with Crippen molar-refractivity contribution < 1.29 is 28.0 Å². The molecule has 0 aromatic heterocycles. The lowest BCUT2D eigenvalue weighted by Crippen LogP contribution is -2.32. The van der Waals surface area contributed by atoms with Crippen LogP contribution in [0.15, 0.2) is 53.4 Å². The van der Waals surface area contributed by atoms with Crippen molar-refractivity contribution in [1.29, 1.82) is 0 Å². The van der Waals surface area contributed by atoms with Crippen molar-refractivity contribution in [3.8, 4) is 0 Å². The molecule has 0 aliphatic rings. The number of rotatable bonds is 8. The number of carboxylic acid groups (broad SMARTS) is 1. The zero-order valence-corrected chi connectivity index (χ0v) is 16.4. The molecule has 0 unspecified atom stereocenters. The molecular formula is C19H18N2O7S. The number of allylic oxidation sites excluding steroid dienone is 1. The Kier molecular flexibility index (Phi) is 6.62. The molecule has 10 heteroatoms. The van der Waals surface area contributed by atoms with Crippen LogP contribution in [0.4, 0.5) is 5.69 Å². The molecule has 2 aromatic rings. The minimum atomic E-state index is -3.99. The molecule has 0 atom stereocenters. The second-order valence-corrected chi connectivity index (χ2v) is 8.22. The van der Waals surface area contributed by atoms with E-state index >= 15 is 0 Å². The molecule has 0 amide bonds. The fraction of sp³-hybridized carbons (Fsp3) is 0.158. The first-order valence-corrected chi connectivity index (χ1v) is 9.72. The van der Waals surface area contributed by atoms with Crippen molar-refractivity contribution in [2.24, 2.45) is 0 Å². The van der Waals surface area contributed by atoms with E-state index in [-0.39, 0.29) is 16.1 Å². The van der Waals surface area contributed by atoms with Crippen LogP contribution >= 0.6 is 0 Å². The van der Waals surface area contributed by atoms with Gasteiger partial charge in [0.05, 0.1) is 9.82 Å². The third-order valence-electron chi connectivity index (χ3n) is 4.06. The number of nitro groups is 1. The van der Waals surface area contributed by atoms with Gasteiger partial charge in [-0.05, 0) is 42.8 Å². The maximum absolute atomic E-state index is 12.3. The number of aliphatic carboxylic acids is 1. The van der Waals surface area contributed by atoms with Crippen LogP contribution in [0.3, 0.4) is 0 Å². The molecular weight excluding hydrogens is 400 g/mol. The number of carboxylic acids is 1. The maximum Gasteiger partial charge on any atom is 0.318 e. The highest BCUT2D eigenvalue weighted by Crippen LogP contribution is 2.20. The zero-order chi connectivity index (χ0) is 21.8. The number of hydrogen-bond acceptors (Lipinski definition) is 6. The van der Waals surface area contributed by atoms with Gasteiger partial charge in [0.15, 0.2) is 5.78 Å². The first-order chi connectivity index (χ1) is 13.5. The van der Waals surface area contributed by atoms with Crippen LogP contribution in [0.5, 0.6) is 0 Å². The quantitative estimate of drug-likeness (QED) is 0.301. The molecule has 1 N–H and O–H groups in total. The van der Waals surface area contributed by atoms with Gasteiger partial charge in [0.2, 0.25) is 10.0 Å². The van der Waals surface area contributed by atoms with E-state index in [1.807, 2.05) is 0 Å². The Morgan fingerprint density at radius 2 is 1.79 bits per heavy atom. The van der Waals surface area contributed by atoms with E-state index < -0.39 is 33.2 Å². The summed E-state index contributed by atoms with van der Waals surface area (Å²) in [5, 5.41) is 19.7. The van der Waals surface area contributed by atoms with Crippen molar-refractivity contribution in [3.63, 3.8) is 0 Å². The average Bonchev–Trinajstić information content (AvgIpc) is 2.66. The Morgan fingerprint density at radius 1 is 1.17 bits per heavy atom. The third-order valence-corrected chi connectivity index (χ3v) is 5.88. The highest BCUT2D eigenvalue weighted by atomic mass is 32.2. The van der Waals surface area contributed by atoms with Crippen molar-refractivity contribution in [1.82, 2.24) is 4.31 Å². The van der Waals surface area contributed by atoms with Crippen LogP contribution in [-0.4, -0.2) is 48.1 Å².